The third kappa shape index (κ3) is 3.56. The van der Waals surface area contributed by atoms with Crippen LogP contribution in [0, 0.1) is 5.92 Å². The fourth-order valence-electron chi connectivity index (χ4n) is 1.28. The van der Waals surface area contributed by atoms with Crippen LogP contribution in [0.4, 0.5) is 26.3 Å². The lowest BCUT2D eigenvalue weighted by Gasteiger charge is -2.25. The second-order valence-corrected chi connectivity index (χ2v) is 4.26. The van der Waals surface area contributed by atoms with Crippen LogP contribution in [0.5, 0.6) is 0 Å². The minimum absolute atomic E-state index is 0.214. The summed E-state index contributed by atoms with van der Waals surface area (Å²) in [4.78, 5) is -0.995. The van der Waals surface area contributed by atoms with E-state index in [4.69, 9.17) is 0 Å². The van der Waals surface area contributed by atoms with Gasteiger partial charge in [-0.25, -0.2) is 0 Å². The van der Waals surface area contributed by atoms with Gasteiger partial charge >= 0.3 is 12.4 Å². The van der Waals surface area contributed by atoms with Crippen molar-refractivity contribution >= 4 is 11.1 Å². The van der Waals surface area contributed by atoms with Crippen LogP contribution in [0.25, 0.3) is 0 Å². The van der Waals surface area contributed by atoms with Gasteiger partial charge in [0.1, 0.15) is 0 Å². The molecule has 0 N–H and O–H groups in total. The molecule has 2 nitrogen and oxygen atoms in total. The molecular formula is C8H5F6O2S-. The molecule has 1 rings (SSSR count). The van der Waals surface area contributed by atoms with Crippen molar-refractivity contribution in [3.05, 3.63) is 22.6 Å². The van der Waals surface area contributed by atoms with E-state index in [0.29, 0.717) is 0 Å². The van der Waals surface area contributed by atoms with Crippen LogP contribution < -0.4 is 0 Å². The van der Waals surface area contributed by atoms with E-state index in [-0.39, 0.29) is 12.2 Å². The lowest BCUT2D eigenvalue weighted by molar-refractivity contribution is -0.165. The van der Waals surface area contributed by atoms with Crippen LogP contribution in [0.1, 0.15) is 6.42 Å². The maximum atomic E-state index is 12.3. The first-order chi connectivity index (χ1) is 7.51. The van der Waals surface area contributed by atoms with E-state index in [0.717, 1.165) is 0 Å². The third-order valence-corrected chi connectivity index (χ3v) is 2.74. The van der Waals surface area contributed by atoms with Gasteiger partial charge < -0.3 is 4.55 Å². The molecule has 0 saturated carbocycles. The first-order valence-corrected chi connectivity index (χ1v) is 5.25. The quantitative estimate of drug-likeness (QED) is 0.547. The van der Waals surface area contributed by atoms with Crippen molar-refractivity contribution in [2.45, 2.75) is 18.8 Å². The van der Waals surface area contributed by atoms with Crippen LogP contribution in [-0.2, 0) is 11.1 Å². The number of hydrogen-bond donors (Lipinski definition) is 0. The highest BCUT2D eigenvalue weighted by Gasteiger charge is 2.45. The monoisotopic (exact) mass is 279 g/mol. The maximum Gasteiger partial charge on any atom is 0.412 e. The Balaban J connectivity index is 3.15. The molecule has 0 aliphatic heterocycles. The minimum atomic E-state index is -4.97. The Hall–Kier alpha value is -0.830. The smallest absolute Gasteiger partial charge is 0.412 e. The zero-order valence-electron chi connectivity index (χ0n) is 7.93. The Bertz CT molecular complexity index is 392. The molecule has 0 aromatic heterocycles. The fraction of sp³-hybridized carbons (Fsp3) is 0.500. The SMILES string of the molecule is O=S([O-])C1=CC(C(F)(F)F)CC(C(F)(F)F)=C1. The van der Waals surface area contributed by atoms with Gasteiger partial charge in [0.15, 0.2) is 0 Å². The van der Waals surface area contributed by atoms with Crippen molar-refractivity contribution in [3.63, 3.8) is 0 Å². The average molecular weight is 279 g/mol. The number of hydrogen-bond acceptors (Lipinski definition) is 2. The molecule has 0 aromatic carbocycles. The summed E-state index contributed by atoms with van der Waals surface area (Å²) < 4.78 is 94.6. The lowest BCUT2D eigenvalue weighted by atomic mass is 9.93. The highest BCUT2D eigenvalue weighted by molar-refractivity contribution is 7.83. The molecule has 0 heterocycles. The highest BCUT2D eigenvalue weighted by Crippen LogP contribution is 2.41. The van der Waals surface area contributed by atoms with Gasteiger partial charge in [0, 0.05) is 10.5 Å². The second-order valence-electron chi connectivity index (χ2n) is 3.32. The van der Waals surface area contributed by atoms with Crippen molar-refractivity contribution in [3.8, 4) is 0 Å². The number of alkyl halides is 6. The van der Waals surface area contributed by atoms with Gasteiger partial charge in [-0.2, -0.15) is 26.3 Å². The first kappa shape index (κ1) is 14.2. The van der Waals surface area contributed by atoms with Gasteiger partial charge in [0.05, 0.1) is 5.92 Å². The summed E-state index contributed by atoms with van der Waals surface area (Å²) >= 11 is -3.13. The normalized spacial score (nSPS) is 24.1. The van der Waals surface area contributed by atoms with Crippen LogP contribution in [0.15, 0.2) is 22.6 Å². The molecule has 0 spiro atoms. The van der Waals surface area contributed by atoms with E-state index >= 15 is 0 Å². The maximum absolute atomic E-state index is 12.3. The molecule has 0 bridgehead atoms. The highest BCUT2D eigenvalue weighted by atomic mass is 32.2. The molecular weight excluding hydrogens is 274 g/mol. The zero-order chi connectivity index (χ0) is 13.4. The Morgan fingerprint density at radius 1 is 1.24 bits per heavy atom. The third-order valence-electron chi connectivity index (χ3n) is 2.10. The van der Waals surface area contributed by atoms with E-state index in [1.165, 1.54) is 0 Å². The number of allylic oxidation sites excluding steroid dienone is 3. The van der Waals surface area contributed by atoms with Crippen LogP contribution in [0.3, 0.4) is 0 Å². The van der Waals surface area contributed by atoms with Gasteiger partial charge in [-0.05, 0) is 23.6 Å². The van der Waals surface area contributed by atoms with Crippen molar-refractivity contribution < 1.29 is 35.1 Å². The number of rotatable bonds is 1. The van der Waals surface area contributed by atoms with Crippen molar-refractivity contribution in [2.24, 2.45) is 5.92 Å². The largest absolute Gasteiger partial charge is 0.768 e. The van der Waals surface area contributed by atoms with E-state index < -0.39 is 46.3 Å². The minimum Gasteiger partial charge on any atom is -0.768 e. The van der Waals surface area contributed by atoms with Crippen LogP contribution in [-0.4, -0.2) is 21.1 Å². The summed E-state index contributed by atoms with van der Waals surface area (Å²) in [5.41, 5.74) is -1.50. The lowest BCUT2D eigenvalue weighted by Crippen LogP contribution is -2.28. The Morgan fingerprint density at radius 2 is 1.76 bits per heavy atom. The standard InChI is InChI=1S/C8H6F6O2S/c9-7(10,11)4-1-5(8(12,13)14)3-6(2-4)17(15)16/h2-4H,1H2,(H,15,16)/p-1. The fourth-order valence-corrected chi connectivity index (χ4v) is 1.80. The molecule has 2 unspecified atom stereocenters. The summed E-state index contributed by atoms with van der Waals surface area (Å²) in [6.45, 7) is 0. The summed E-state index contributed by atoms with van der Waals surface area (Å²) in [5, 5.41) is 0. The van der Waals surface area contributed by atoms with Crippen LogP contribution in [0.2, 0.25) is 0 Å². The van der Waals surface area contributed by atoms with E-state index in [2.05, 4.69) is 0 Å². The van der Waals surface area contributed by atoms with Crippen molar-refractivity contribution in [2.75, 3.05) is 0 Å². The number of halogens is 6. The van der Waals surface area contributed by atoms with Gasteiger partial charge in [0.2, 0.25) is 0 Å². The molecule has 9 heteroatoms. The summed E-state index contributed by atoms with van der Waals surface area (Å²) in [6, 6.07) is 0. The second kappa shape index (κ2) is 4.45. The van der Waals surface area contributed by atoms with Gasteiger partial charge in [0.25, 0.3) is 0 Å². The average Bonchev–Trinajstić information content (AvgIpc) is 2.14. The van der Waals surface area contributed by atoms with Crippen LogP contribution >= 0.6 is 0 Å². The molecule has 1 aliphatic rings. The van der Waals surface area contributed by atoms with Gasteiger partial charge in [-0.15, -0.1) is 0 Å². The van der Waals surface area contributed by atoms with E-state index in [1.54, 1.807) is 0 Å². The molecule has 0 amide bonds. The molecule has 0 fully saturated rings. The zero-order valence-corrected chi connectivity index (χ0v) is 8.75. The molecule has 0 aromatic rings. The molecule has 2 atom stereocenters. The molecule has 0 radical (unpaired) electrons. The Kier molecular flexibility index (Phi) is 3.72. The summed E-state index contributed by atoms with van der Waals surface area (Å²) in [7, 11) is 0. The summed E-state index contributed by atoms with van der Waals surface area (Å²) in [5.74, 6) is -2.43. The predicted octanol–water partition coefficient (Wildman–Crippen LogP) is 2.82. The summed E-state index contributed by atoms with van der Waals surface area (Å²) in [6.07, 6.45) is -10.7. The molecule has 17 heavy (non-hydrogen) atoms. The Morgan fingerprint density at radius 3 is 2.12 bits per heavy atom. The molecule has 1 aliphatic carbocycles. The van der Waals surface area contributed by atoms with E-state index in [9.17, 15) is 35.1 Å². The van der Waals surface area contributed by atoms with Gasteiger partial charge in [-0.1, -0.05) is 6.08 Å². The van der Waals surface area contributed by atoms with Crippen molar-refractivity contribution in [1.29, 1.82) is 0 Å². The topological polar surface area (TPSA) is 40.1 Å². The Labute approximate surface area is 94.3 Å². The first-order valence-electron chi connectivity index (χ1n) is 4.17. The van der Waals surface area contributed by atoms with E-state index in [1.807, 2.05) is 0 Å². The predicted molar refractivity (Wildman–Crippen MR) is 45.3 cm³/mol. The molecule has 98 valence electrons. The van der Waals surface area contributed by atoms with Crippen molar-refractivity contribution in [1.82, 2.24) is 0 Å². The molecule has 0 saturated heterocycles. The van der Waals surface area contributed by atoms with Gasteiger partial charge in [-0.3, -0.25) is 4.21 Å².